The van der Waals surface area contributed by atoms with Crippen molar-refractivity contribution in [3.63, 3.8) is 0 Å². The van der Waals surface area contributed by atoms with Gasteiger partial charge in [0.05, 0.1) is 0 Å². The first-order valence-corrected chi connectivity index (χ1v) is 8.01. The topological polar surface area (TPSA) is 125 Å². The van der Waals surface area contributed by atoms with Crippen LogP contribution in [0.4, 0.5) is 0 Å². The van der Waals surface area contributed by atoms with Crippen molar-refractivity contribution in [2.24, 2.45) is 0 Å². The molecule has 0 amide bonds. The van der Waals surface area contributed by atoms with E-state index >= 15 is 0 Å². The lowest BCUT2D eigenvalue weighted by atomic mass is 10.4. The minimum atomic E-state index is -4.91. The molecule has 8 nitrogen and oxygen atoms in total. The standard InChI is InChI=1S/C4H13NO7P2S/c1-2-3-4-15-5-13(6,7)11-12-14(8,9)10/h2-4H2,1H3,(H2,5,6,7)(H2,8,9,10). The van der Waals surface area contributed by atoms with E-state index in [-0.39, 0.29) is 0 Å². The molecule has 0 aliphatic heterocycles. The monoisotopic (exact) mass is 281 g/mol. The van der Waals surface area contributed by atoms with Crippen LogP contribution in [0.25, 0.3) is 0 Å². The van der Waals surface area contributed by atoms with Crippen LogP contribution in [-0.2, 0) is 18.5 Å². The maximum Gasteiger partial charge on any atom is 0.497 e. The molecule has 0 rings (SSSR count). The van der Waals surface area contributed by atoms with E-state index in [9.17, 15) is 9.13 Å². The number of hydrogen-bond donors (Lipinski definition) is 4. The van der Waals surface area contributed by atoms with E-state index in [4.69, 9.17) is 14.7 Å². The fourth-order valence-corrected chi connectivity index (χ4v) is 2.73. The van der Waals surface area contributed by atoms with Crippen LogP contribution in [-0.4, -0.2) is 20.4 Å². The van der Waals surface area contributed by atoms with E-state index in [1.807, 2.05) is 11.4 Å². The highest BCUT2D eigenvalue weighted by Crippen LogP contribution is 2.47. The van der Waals surface area contributed by atoms with Crippen LogP contribution in [0.2, 0.25) is 0 Å². The summed E-state index contributed by atoms with van der Waals surface area (Å²) in [6, 6.07) is 0. The van der Waals surface area contributed by atoms with Crippen LogP contribution in [0.3, 0.4) is 0 Å². The number of phosphoric acid groups is 1. The van der Waals surface area contributed by atoms with Crippen molar-refractivity contribution in [1.82, 2.24) is 4.49 Å². The van der Waals surface area contributed by atoms with Gasteiger partial charge in [-0.15, -0.1) is 9.35 Å². The summed E-state index contributed by atoms with van der Waals surface area (Å²) < 4.78 is 30.2. The Balaban J connectivity index is 3.77. The molecule has 1 atom stereocenters. The van der Waals surface area contributed by atoms with E-state index in [0.29, 0.717) is 5.75 Å². The average molecular weight is 281 g/mol. The summed E-state index contributed by atoms with van der Waals surface area (Å²) >= 11 is 0.914. The van der Waals surface area contributed by atoms with Gasteiger partial charge in [0.1, 0.15) is 0 Å². The maximum atomic E-state index is 11.0. The minimum absolute atomic E-state index is 0.570. The molecule has 0 radical (unpaired) electrons. The summed E-state index contributed by atoms with van der Waals surface area (Å²) in [5, 5.41) is 0. The van der Waals surface area contributed by atoms with Gasteiger partial charge in [-0.1, -0.05) is 25.3 Å². The van der Waals surface area contributed by atoms with Gasteiger partial charge in [-0.05, 0) is 6.42 Å². The molecule has 0 aromatic carbocycles. The second-order valence-electron chi connectivity index (χ2n) is 2.45. The summed E-state index contributed by atoms with van der Waals surface area (Å²) in [5.41, 5.74) is 0. The number of nitrogens with one attached hydrogen (secondary N) is 1. The first-order valence-electron chi connectivity index (χ1n) is 3.92. The molecule has 11 heteroatoms. The van der Waals surface area contributed by atoms with Gasteiger partial charge in [0.25, 0.3) is 0 Å². The highest BCUT2D eigenvalue weighted by Gasteiger charge is 2.26. The molecular weight excluding hydrogens is 268 g/mol. The van der Waals surface area contributed by atoms with Crippen molar-refractivity contribution in [1.29, 1.82) is 0 Å². The molecule has 4 N–H and O–H groups in total. The van der Waals surface area contributed by atoms with Gasteiger partial charge >= 0.3 is 15.6 Å². The van der Waals surface area contributed by atoms with E-state index < -0.39 is 15.6 Å². The Morgan fingerprint density at radius 3 is 2.33 bits per heavy atom. The Hall–Kier alpha value is 0.570. The molecule has 0 heterocycles. The fraction of sp³-hybridized carbons (Fsp3) is 1.00. The average Bonchev–Trinajstić information content (AvgIpc) is 2.09. The number of hydrogen-bond acceptors (Lipinski definition) is 5. The van der Waals surface area contributed by atoms with Crippen molar-refractivity contribution in [3.05, 3.63) is 0 Å². The van der Waals surface area contributed by atoms with E-state index in [0.717, 1.165) is 24.8 Å². The molecule has 0 aliphatic carbocycles. The lowest BCUT2D eigenvalue weighted by Crippen LogP contribution is -2.04. The fourth-order valence-electron chi connectivity index (χ4n) is 0.448. The molecule has 15 heavy (non-hydrogen) atoms. The summed E-state index contributed by atoms with van der Waals surface area (Å²) in [5.74, 6) is 0.570. The Bertz CT molecular complexity index is 268. The van der Waals surface area contributed by atoms with Gasteiger partial charge in [-0.25, -0.2) is 9.13 Å². The molecule has 0 spiro atoms. The second kappa shape index (κ2) is 7.01. The van der Waals surface area contributed by atoms with Crippen molar-refractivity contribution < 1.29 is 33.2 Å². The summed E-state index contributed by atoms with van der Waals surface area (Å²) in [6.45, 7) is 1.95. The highest BCUT2D eigenvalue weighted by molar-refractivity contribution is 8.01. The second-order valence-corrected chi connectivity index (χ2v) is 6.20. The molecule has 0 saturated heterocycles. The zero-order valence-electron chi connectivity index (χ0n) is 7.90. The van der Waals surface area contributed by atoms with Crippen molar-refractivity contribution >= 4 is 27.5 Å². The van der Waals surface area contributed by atoms with Crippen LogP contribution < -0.4 is 4.49 Å². The first kappa shape index (κ1) is 15.6. The lowest BCUT2D eigenvalue weighted by Gasteiger charge is -2.11. The van der Waals surface area contributed by atoms with Crippen LogP contribution in [0.15, 0.2) is 0 Å². The third-order valence-electron chi connectivity index (χ3n) is 1.01. The maximum absolute atomic E-state index is 11.0. The SMILES string of the molecule is CCCCSNP(=O)(O)OOP(=O)(O)O. The molecule has 0 saturated carbocycles. The Kier molecular flexibility index (Phi) is 7.27. The molecular formula is C4H13NO7P2S. The molecule has 0 aromatic heterocycles. The van der Waals surface area contributed by atoms with E-state index in [1.165, 1.54) is 0 Å². The van der Waals surface area contributed by atoms with Crippen molar-refractivity contribution in [2.45, 2.75) is 19.8 Å². The zero-order valence-corrected chi connectivity index (χ0v) is 10.5. The van der Waals surface area contributed by atoms with E-state index in [2.05, 4.69) is 9.35 Å². The van der Waals surface area contributed by atoms with Crippen LogP contribution in [0.1, 0.15) is 19.8 Å². The highest BCUT2D eigenvalue weighted by atomic mass is 32.2. The van der Waals surface area contributed by atoms with Crippen LogP contribution >= 0.6 is 27.5 Å². The summed E-state index contributed by atoms with van der Waals surface area (Å²) in [4.78, 5) is 25.3. The van der Waals surface area contributed by atoms with Gasteiger partial charge in [-0.3, -0.25) is 0 Å². The van der Waals surface area contributed by atoms with Crippen LogP contribution in [0.5, 0.6) is 0 Å². The predicted molar refractivity (Wildman–Crippen MR) is 54.5 cm³/mol. The smallest absolute Gasteiger partial charge is 0.310 e. The van der Waals surface area contributed by atoms with Crippen molar-refractivity contribution in [3.8, 4) is 0 Å². The third-order valence-corrected chi connectivity index (χ3v) is 3.61. The zero-order chi connectivity index (χ0) is 11.9. The van der Waals surface area contributed by atoms with Gasteiger partial charge in [0, 0.05) is 5.75 Å². The quantitative estimate of drug-likeness (QED) is 0.170. The summed E-state index contributed by atoms with van der Waals surface area (Å²) in [7, 11) is -9.24. The van der Waals surface area contributed by atoms with Gasteiger partial charge in [0.15, 0.2) is 0 Å². The lowest BCUT2D eigenvalue weighted by molar-refractivity contribution is -0.131. The molecule has 92 valence electrons. The Morgan fingerprint density at radius 2 is 1.87 bits per heavy atom. The predicted octanol–water partition coefficient (Wildman–Crippen LogP) is 1.17. The van der Waals surface area contributed by atoms with Gasteiger partial charge in [0.2, 0.25) is 0 Å². The molecule has 0 aromatic rings. The number of unbranched alkanes of at least 4 members (excludes halogenated alkanes) is 1. The van der Waals surface area contributed by atoms with Crippen molar-refractivity contribution in [2.75, 3.05) is 5.75 Å². The molecule has 1 unspecified atom stereocenters. The van der Waals surface area contributed by atoms with Crippen LogP contribution in [0, 0.1) is 0 Å². The number of rotatable bonds is 8. The largest absolute Gasteiger partial charge is 0.497 e. The molecule has 0 aliphatic rings. The summed E-state index contributed by atoms with van der Waals surface area (Å²) in [6.07, 6.45) is 1.75. The molecule has 0 fully saturated rings. The normalized spacial score (nSPS) is 16.3. The van der Waals surface area contributed by atoms with E-state index in [1.54, 1.807) is 0 Å². The Labute approximate surface area is 91.3 Å². The molecule has 0 bridgehead atoms. The van der Waals surface area contributed by atoms with Gasteiger partial charge < -0.3 is 14.7 Å². The third kappa shape index (κ3) is 10.8. The Morgan fingerprint density at radius 1 is 1.27 bits per heavy atom. The minimum Gasteiger partial charge on any atom is -0.310 e. The first-order chi connectivity index (χ1) is 6.77. The van der Waals surface area contributed by atoms with Gasteiger partial charge in [-0.2, -0.15) is 4.49 Å².